The van der Waals surface area contributed by atoms with Crippen LogP contribution in [0.3, 0.4) is 0 Å². The molecule has 2 amide bonds. The van der Waals surface area contributed by atoms with Gasteiger partial charge in [-0.05, 0) is 19.1 Å². The van der Waals surface area contributed by atoms with Crippen LogP contribution in [0.2, 0.25) is 10.0 Å². The number of anilines is 1. The Morgan fingerprint density at radius 1 is 1.41 bits per heavy atom. The van der Waals surface area contributed by atoms with E-state index in [9.17, 15) is 9.59 Å². The van der Waals surface area contributed by atoms with Gasteiger partial charge in [0.15, 0.2) is 0 Å². The number of carbonyl (C=O) groups is 2. The van der Waals surface area contributed by atoms with E-state index in [4.69, 9.17) is 28.9 Å². The molecule has 0 radical (unpaired) electrons. The normalized spacial score (nSPS) is 22.3. The first-order chi connectivity index (χ1) is 10.4. The van der Waals surface area contributed by atoms with Crippen molar-refractivity contribution in [3.63, 3.8) is 0 Å². The highest BCUT2D eigenvalue weighted by atomic mass is 35.5. The van der Waals surface area contributed by atoms with Crippen molar-refractivity contribution in [3.8, 4) is 0 Å². The van der Waals surface area contributed by atoms with E-state index in [-0.39, 0.29) is 18.5 Å². The Kier molecular flexibility index (Phi) is 5.63. The van der Waals surface area contributed by atoms with E-state index in [0.717, 1.165) is 0 Å². The van der Waals surface area contributed by atoms with Gasteiger partial charge in [-0.1, -0.05) is 29.3 Å². The molecule has 120 valence electrons. The topological polar surface area (TPSA) is 87.5 Å². The Labute approximate surface area is 138 Å². The average molecular weight is 345 g/mol. The number of nitrogens with two attached hydrogens (primary N) is 1. The number of primary amides is 1. The Morgan fingerprint density at radius 2 is 2.05 bits per heavy atom. The van der Waals surface area contributed by atoms with Gasteiger partial charge in [0.05, 0.1) is 22.3 Å². The standard InChI is InChI=1S/C14H18Cl2N4O2/c1-8-12(14(17)22)18-5-6-20(8)7-11(21)19-13-9(15)3-2-4-10(13)16/h2-4,8,12,18H,5-7H2,1H3,(H2,17,22)(H,19,21)/t8-,12+/m0/s1. The zero-order valence-corrected chi connectivity index (χ0v) is 13.6. The molecule has 0 unspecified atom stereocenters. The molecule has 1 aliphatic heterocycles. The lowest BCUT2D eigenvalue weighted by Gasteiger charge is -2.38. The lowest BCUT2D eigenvalue weighted by atomic mass is 10.0. The van der Waals surface area contributed by atoms with Gasteiger partial charge in [0.25, 0.3) is 0 Å². The number of halogens is 2. The summed E-state index contributed by atoms with van der Waals surface area (Å²) in [7, 11) is 0. The summed E-state index contributed by atoms with van der Waals surface area (Å²) in [5.74, 6) is -0.668. The molecule has 1 fully saturated rings. The average Bonchev–Trinajstić information content (AvgIpc) is 2.45. The van der Waals surface area contributed by atoms with Crippen molar-refractivity contribution >= 4 is 40.7 Å². The van der Waals surface area contributed by atoms with Crippen molar-refractivity contribution in [2.24, 2.45) is 5.73 Å². The largest absolute Gasteiger partial charge is 0.368 e. The fourth-order valence-corrected chi connectivity index (χ4v) is 2.98. The second-order valence-electron chi connectivity index (χ2n) is 5.19. The predicted molar refractivity (Wildman–Crippen MR) is 87.1 cm³/mol. The molecule has 4 N–H and O–H groups in total. The number of amides is 2. The molecule has 2 rings (SSSR count). The summed E-state index contributed by atoms with van der Waals surface area (Å²) in [6.45, 7) is 3.23. The van der Waals surface area contributed by atoms with E-state index in [2.05, 4.69) is 10.6 Å². The van der Waals surface area contributed by atoms with Crippen LogP contribution in [-0.2, 0) is 9.59 Å². The minimum Gasteiger partial charge on any atom is -0.368 e. The molecule has 1 heterocycles. The molecule has 6 nitrogen and oxygen atoms in total. The molecule has 2 atom stereocenters. The van der Waals surface area contributed by atoms with Crippen molar-refractivity contribution in [2.75, 3.05) is 25.0 Å². The molecule has 0 aromatic heterocycles. The summed E-state index contributed by atoms with van der Waals surface area (Å²) in [5.41, 5.74) is 5.74. The summed E-state index contributed by atoms with van der Waals surface area (Å²) in [5, 5.41) is 6.52. The zero-order chi connectivity index (χ0) is 16.3. The predicted octanol–water partition coefficient (Wildman–Crippen LogP) is 1.08. The van der Waals surface area contributed by atoms with Gasteiger partial charge in [-0.2, -0.15) is 0 Å². The summed E-state index contributed by atoms with van der Waals surface area (Å²) in [6, 6.07) is 4.37. The Bertz CT molecular complexity index is 562. The van der Waals surface area contributed by atoms with Crippen molar-refractivity contribution < 1.29 is 9.59 Å². The van der Waals surface area contributed by atoms with Crippen molar-refractivity contribution in [1.29, 1.82) is 0 Å². The molecule has 8 heteroatoms. The van der Waals surface area contributed by atoms with Gasteiger partial charge in [-0.25, -0.2) is 0 Å². The van der Waals surface area contributed by atoms with Crippen LogP contribution >= 0.6 is 23.2 Å². The number of benzene rings is 1. The first kappa shape index (κ1) is 17.0. The van der Waals surface area contributed by atoms with Crippen molar-refractivity contribution in [2.45, 2.75) is 19.0 Å². The summed E-state index contributed by atoms with van der Waals surface area (Å²) >= 11 is 12.1. The van der Waals surface area contributed by atoms with E-state index >= 15 is 0 Å². The van der Waals surface area contributed by atoms with Gasteiger partial charge in [0.2, 0.25) is 11.8 Å². The number of nitrogens with zero attached hydrogens (tertiary/aromatic N) is 1. The highest BCUT2D eigenvalue weighted by Gasteiger charge is 2.32. The fourth-order valence-electron chi connectivity index (χ4n) is 2.49. The summed E-state index contributed by atoms with van der Waals surface area (Å²) in [4.78, 5) is 25.5. The molecule has 22 heavy (non-hydrogen) atoms. The first-order valence-electron chi connectivity index (χ1n) is 6.90. The number of nitrogens with one attached hydrogen (secondary N) is 2. The van der Waals surface area contributed by atoms with Crippen LogP contribution in [0.1, 0.15) is 6.92 Å². The van der Waals surface area contributed by atoms with E-state index in [1.54, 1.807) is 18.2 Å². The number of carbonyl (C=O) groups excluding carboxylic acids is 2. The highest BCUT2D eigenvalue weighted by molar-refractivity contribution is 6.39. The lowest BCUT2D eigenvalue weighted by Crippen LogP contribution is -2.62. The number of piperazine rings is 1. The van der Waals surface area contributed by atoms with Gasteiger partial charge in [0, 0.05) is 19.1 Å². The molecular weight excluding hydrogens is 327 g/mol. The van der Waals surface area contributed by atoms with Crippen LogP contribution in [-0.4, -0.2) is 48.4 Å². The smallest absolute Gasteiger partial charge is 0.238 e. The van der Waals surface area contributed by atoms with E-state index in [0.29, 0.717) is 28.8 Å². The van der Waals surface area contributed by atoms with E-state index in [1.165, 1.54) is 0 Å². The minimum absolute atomic E-state index is 0.133. The second-order valence-corrected chi connectivity index (χ2v) is 6.00. The minimum atomic E-state index is -0.467. The molecule has 0 aliphatic carbocycles. The van der Waals surface area contributed by atoms with Gasteiger partial charge < -0.3 is 16.4 Å². The highest BCUT2D eigenvalue weighted by Crippen LogP contribution is 2.29. The van der Waals surface area contributed by atoms with Crippen LogP contribution < -0.4 is 16.4 Å². The van der Waals surface area contributed by atoms with Crippen molar-refractivity contribution in [3.05, 3.63) is 28.2 Å². The summed E-state index contributed by atoms with van der Waals surface area (Å²) < 4.78 is 0. The van der Waals surface area contributed by atoms with Gasteiger partial charge >= 0.3 is 0 Å². The maximum Gasteiger partial charge on any atom is 0.238 e. The second kappa shape index (κ2) is 7.28. The van der Waals surface area contributed by atoms with E-state index in [1.807, 2.05) is 11.8 Å². The van der Waals surface area contributed by atoms with Gasteiger partial charge in [-0.15, -0.1) is 0 Å². The molecule has 0 bridgehead atoms. The first-order valence-corrected chi connectivity index (χ1v) is 7.66. The number of hydrogen-bond donors (Lipinski definition) is 3. The third-order valence-electron chi connectivity index (χ3n) is 3.70. The number of hydrogen-bond acceptors (Lipinski definition) is 4. The van der Waals surface area contributed by atoms with Crippen LogP contribution in [0.5, 0.6) is 0 Å². The van der Waals surface area contributed by atoms with Crippen LogP contribution in [0.25, 0.3) is 0 Å². The molecule has 0 spiro atoms. The SMILES string of the molecule is C[C@H]1[C@H](C(N)=O)NCCN1CC(=O)Nc1c(Cl)cccc1Cl. The number of rotatable bonds is 4. The lowest BCUT2D eigenvalue weighted by molar-refractivity contribution is -0.124. The molecule has 0 saturated carbocycles. The quantitative estimate of drug-likeness (QED) is 0.762. The van der Waals surface area contributed by atoms with Gasteiger partial charge in [0.1, 0.15) is 6.04 Å². The van der Waals surface area contributed by atoms with E-state index < -0.39 is 11.9 Å². The Balaban J connectivity index is 2.01. The number of para-hydroxylation sites is 1. The van der Waals surface area contributed by atoms with Crippen LogP contribution in [0.4, 0.5) is 5.69 Å². The maximum atomic E-state index is 12.2. The fraction of sp³-hybridized carbons (Fsp3) is 0.429. The zero-order valence-electron chi connectivity index (χ0n) is 12.1. The molecule has 1 aromatic carbocycles. The summed E-state index contributed by atoms with van der Waals surface area (Å²) in [6.07, 6.45) is 0. The molecule has 1 aromatic rings. The maximum absolute atomic E-state index is 12.2. The molecule has 1 aliphatic rings. The third-order valence-corrected chi connectivity index (χ3v) is 4.33. The monoisotopic (exact) mass is 344 g/mol. The third kappa shape index (κ3) is 3.89. The van der Waals surface area contributed by atoms with Gasteiger partial charge in [-0.3, -0.25) is 14.5 Å². The molecular formula is C14H18Cl2N4O2. The van der Waals surface area contributed by atoms with Crippen LogP contribution in [0, 0.1) is 0 Å². The Morgan fingerprint density at radius 3 is 2.64 bits per heavy atom. The van der Waals surface area contributed by atoms with Crippen LogP contribution in [0.15, 0.2) is 18.2 Å². The Hall–Kier alpha value is -1.34. The molecule has 1 saturated heterocycles. The van der Waals surface area contributed by atoms with Crippen molar-refractivity contribution in [1.82, 2.24) is 10.2 Å².